The van der Waals surface area contributed by atoms with Crippen LogP contribution in [-0.2, 0) is 6.54 Å². The number of fused-ring (bicyclic) bond motifs is 1. The number of hydrogen-bond donors (Lipinski definition) is 2. The molecule has 0 amide bonds. The van der Waals surface area contributed by atoms with Crippen LogP contribution in [0.15, 0.2) is 60.8 Å². The van der Waals surface area contributed by atoms with Gasteiger partial charge in [0.2, 0.25) is 11.8 Å². The van der Waals surface area contributed by atoms with Crippen molar-refractivity contribution >= 4 is 16.9 Å². The first kappa shape index (κ1) is 20.0. The summed E-state index contributed by atoms with van der Waals surface area (Å²) in [6.07, 6.45) is 3.71. The number of aromatic amines is 1. The van der Waals surface area contributed by atoms with Crippen molar-refractivity contribution in [1.29, 1.82) is 5.26 Å². The summed E-state index contributed by atoms with van der Waals surface area (Å²) in [5.41, 5.74) is 2.77. The van der Waals surface area contributed by atoms with Gasteiger partial charge in [-0.05, 0) is 43.2 Å². The molecule has 5 rings (SSSR count). The number of hydrogen-bond acceptors (Lipinski definition) is 7. The fourth-order valence-corrected chi connectivity index (χ4v) is 3.96. The highest BCUT2D eigenvalue weighted by Gasteiger charge is 2.21. The van der Waals surface area contributed by atoms with Gasteiger partial charge in [-0.15, -0.1) is 0 Å². The number of nitriles is 1. The van der Waals surface area contributed by atoms with Gasteiger partial charge in [0.05, 0.1) is 22.8 Å². The summed E-state index contributed by atoms with van der Waals surface area (Å²) < 4.78 is 5.80. The highest BCUT2D eigenvalue weighted by molar-refractivity contribution is 5.81. The Morgan fingerprint density at radius 1 is 1.09 bits per heavy atom. The lowest BCUT2D eigenvalue weighted by Gasteiger charge is -2.32. The molecule has 2 aromatic carbocycles. The molecular formula is C24H23N7O. The summed E-state index contributed by atoms with van der Waals surface area (Å²) in [6, 6.07) is 19.3. The van der Waals surface area contributed by atoms with Crippen molar-refractivity contribution in [2.45, 2.75) is 25.4 Å². The molecule has 4 aromatic rings. The Labute approximate surface area is 185 Å². The first-order valence-electron chi connectivity index (χ1n) is 10.7. The number of ether oxygens (including phenoxy) is 1. The largest absolute Gasteiger partial charge is 0.439 e. The fraction of sp³-hybridized carbons (Fsp3) is 0.250. The van der Waals surface area contributed by atoms with E-state index in [0.29, 0.717) is 29.2 Å². The fourth-order valence-electron chi connectivity index (χ4n) is 3.96. The standard InChI is InChI=1S/C24H23N7O/c25-15-17-5-7-19(8-6-17)32-23-9-12-26-24(28-23)27-18-10-13-31(14-11-18)16-22-20-3-1-2-4-21(20)29-30-22/h1-9,12,18H,10-11,13-14,16H2,(H,29,30)(H,26,27,28). The Hall–Kier alpha value is -3.96. The van der Waals surface area contributed by atoms with Crippen LogP contribution in [0, 0.1) is 11.3 Å². The van der Waals surface area contributed by atoms with Gasteiger partial charge in [0.1, 0.15) is 5.75 Å². The number of likely N-dealkylation sites (tertiary alicyclic amines) is 1. The van der Waals surface area contributed by atoms with Gasteiger partial charge in [-0.3, -0.25) is 10.00 Å². The first-order valence-corrected chi connectivity index (χ1v) is 10.7. The van der Waals surface area contributed by atoms with Crippen LogP contribution in [0.4, 0.5) is 5.95 Å². The first-order chi connectivity index (χ1) is 15.8. The summed E-state index contributed by atoms with van der Waals surface area (Å²) in [7, 11) is 0. The highest BCUT2D eigenvalue weighted by atomic mass is 16.5. The van der Waals surface area contributed by atoms with Gasteiger partial charge in [-0.25, -0.2) is 4.98 Å². The third-order valence-corrected chi connectivity index (χ3v) is 5.68. The minimum Gasteiger partial charge on any atom is -0.439 e. The molecule has 0 bridgehead atoms. The topological polar surface area (TPSA) is 103 Å². The average Bonchev–Trinajstić information content (AvgIpc) is 3.24. The van der Waals surface area contributed by atoms with Gasteiger partial charge in [-0.1, -0.05) is 18.2 Å². The number of piperidine rings is 1. The molecule has 0 saturated carbocycles. The van der Waals surface area contributed by atoms with E-state index < -0.39 is 0 Å². The molecule has 0 atom stereocenters. The Bertz CT molecular complexity index is 1240. The lowest BCUT2D eigenvalue weighted by molar-refractivity contribution is 0.209. The molecule has 1 aliphatic heterocycles. The highest BCUT2D eigenvalue weighted by Crippen LogP contribution is 2.23. The van der Waals surface area contributed by atoms with Crippen molar-refractivity contribution in [3.8, 4) is 17.7 Å². The van der Waals surface area contributed by atoms with Crippen molar-refractivity contribution < 1.29 is 4.74 Å². The molecule has 0 unspecified atom stereocenters. The van der Waals surface area contributed by atoms with Crippen LogP contribution in [0.25, 0.3) is 10.9 Å². The molecular weight excluding hydrogens is 402 g/mol. The second-order valence-electron chi connectivity index (χ2n) is 7.87. The van der Waals surface area contributed by atoms with Crippen molar-refractivity contribution in [1.82, 2.24) is 25.1 Å². The number of nitrogens with one attached hydrogen (secondary N) is 2. The number of para-hydroxylation sites is 1. The van der Waals surface area contributed by atoms with E-state index in [-0.39, 0.29) is 0 Å². The number of anilines is 1. The molecule has 2 N–H and O–H groups in total. The van der Waals surface area contributed by atoms with Crippen LogP contribution < -0.4 is 10.1 Å². The van der Waals surface area contributed by atoms with Crippen LogP contribution in [0.1, 0.15) is 24.1 Å². The predicted molar refractivity (Wildman–Crippen MR) is 121 cm³/mol. The number of rotatable bonds is 6. The van der Waals surface area contributed by atoms with Gasteiger partial charge in [0.15, 0.2) is 0 Å². The third kappa shape index (κ3) is 4.53. The smallest absolute Gasteiger partial charge is 0.226 e. The number of H-pyrrole nitrogens is 1. The third-order valence-electron chi connectivity index (χ3n) is 5.68. The summed E-state index contributed by atoms with van der Waals surface area (Å²) in [6.45, 7) is 2.86. The minimum absolute atomic E-state index is 0.315. The lowest BCUT2D eigenvalue weighted by Crippen LogP contribution is -2.39. The van der Waals surface area contributed by atoms with Crippen LogP contribution in [0.3, 0.4) is 0 Å². The van der Waals surface area contributed by atoms with Gasteiger partial charge >= 0.3 is 0 Å². The zero-order chi connectivity index (χ0) is 21.8. The van der Waals surface area contributed by atoms with E-state index in [1.165, 1.54) is 11.1 Å². The maximum absolute atomic E-state index is 8.91. The molecule has 0 radical (unpaired) electrons. The Balaban J connectivity index is 1.15. The molecule has 8 nitrogen and oxygen atoms in total. The Morgan fingerprint density at radius 2 is 1.91 bits per heavy atom. The van der Waals surface area contributed by atoms with Crippen molar-refractivity contribution in [3.05, 3.63) is 72.1 Å². The second kappa shape index (κ2) is 9.04. The van der Waals surface area contributed by atoms with Gasteiger partial charge in [-0.2, -0.15) is 15.3 Å². The summed E-state index contributed by atoms with van der Waals surface area (Å²) >= 11 is 0. The van der Waals surface area contributed by atoms with E-state index in [9.17, 15) is 0 Å². The van der Waals surface area contributed by atoms with E-state index >= 15 is 0 Å². The summed E-state index contributed by atoms with van der Waals surface area (Å²) in [4.78, 5) is 11.3. The molecule has 3 heterocycles. The molecule has 1 aliphatic rings. The Morgan fingerprint density at radius 3 is 2.72 bits per heavy atom. The predicted octanol–water partition coefficient (Wildman–Crippen LogP) is 4.09. The normalized spacial score (nSPS) is 14.8. The maximum Gasteiger partial charge on any atom is 0.226 e. The van der Waals surface area contributed by atoms with E-state index in [1.54, 1.807) is 36.5 Å². The molecule has 0 aliphatic carbocycles. The number of benzene rings is 2. The van der Waals surface area contributed by atoms with Gasteiger partial charge in [0, 0.05) is 43.3 Å². The molecule has 8 heteroatoms. The molecule has 32 heavy (non-hydrogen) atoms. The van der Waals surface area contributed by atoms with Crippen molar-refractivity contribution in [2.75, 3.05) is 18.4 Å². The van der Waals surface area contributed by atoms with Crippen LogP contribution in [0.2, 0.25) is 0 Å². The van der Waals surface area contributed by atoms with E-state index in [4.69, 9.17) is 10.00 Å². The van der Waals surface area contributed by atoms with E-state index in [0.717, 1.165) is 38.0 Å². The summed E-state index contributed by atoms with van der Waals surface area (Å²) in [5, 5.41) is 21.1. The molecule has 1 saturated heterocycles. The lowest BCUT2D eigenvalue weighted by atomic mass is 10.0. The Kier molecular flexibility index (Phi) is 5.64. The van der Waals surface area contributed by atoms with Crippen LogP contribution in [-0.4, -0.2) is 44.2 Å². The quantitative estimate of drug-likeness (QED) is 0.479. The van der Waals surface area contributed by atoms with E-state index in [1.807, 2.05) is 12.1 Å². The number of aromatic nitrogens is 4. The number of nitrogens with zero attached hydrogens (tertiary/aromatic N) is 5. The molecule has 160 valence electrons. The maximum atomic E-state index is 8.91. The van der Waals surface area contributed by atoms with Gasteiger partial charge in [0.25, 0.3) is 0 Å². The van der Waals surface area contributed by atoms with E-state index in [2.05, 4.69) is 48.6 Å². The van der Waals surface area contributed by atoms with Crippen molar-refractivity contribution in [2.24, 2.45) is 0 Å². The monoisotopic (exact) mass is 425 g/mol. The average molecular weight is 425 g/mol. The zero-order valence-electron chi connectivity index (χ0n) is 17.5. The molecule has 1 fully saturated rings. The van der Waals surface area contributed by atoms with Gasteiger partial charge < -0.3 is 10.1 Å². The molecule has 0 spiro atoms. The summed E-state index contributed by atoms with van der Waals surface area (Å²) in [5.74, 6) is 1.67. The SMILES string of the molecule is N#Cc1ccc(Oc2ccnc(NC3CCN(Cc4[nH]nc5ccccc45)CC3)n2)cc1. The van der Waals surface area contributed by atoms with Crippen LogP contribution >= 0.6 is 0 Å². The van der Waals surface area contributed by atoms with Crippen molar-refractivity contribution in [3.63, 3.8) is 0 Å². The van der Waals surface area contributed by atoms with Crippen LogP contribution in [0.5, 0.6) is 11.6 Å². The minimum atomic E-state index is 0.315. The molecule has 2 aromatic heterocycles. The zero-order valence-corrected chi connectivity index (χ0v) is 17.5. The second-order valence-corrected chi connectivity index (χ2v) is 7.87.